The van der Waals surface area contributed by atoms with E-state index >= 15 is 4.39 Å². The van der Waals surface area contributed by atoms with Crippen LogP contribution in [0.15, 0.2) is 23.5 Å². The molecule has 0 radical (unpaired) electrons. The lowest BCUT2D eigenvalue weighted by molar-refractivity contribution is -0.152. The zero-order valence-electron chi connectivity index (χ0n) is 18.3. The maximum Gasteiger partial charge on any atom is 0.398 e. The molecule has 3 aromatic rings. The predicted octanol–water partition coefficient (Wildman–Crippen LogP) is 5.63. The first-order valence-electron chi connectivity index (χ1n) is 11.2. The number of fused-ring (bicyclic) bond motifs is 4. The summed E-state index contributed by atoms with van der Waals surface area (Å²) in [5, 5.41) is 9.68. The largest absolute Gasteiger partial charge is 0.481 e. The van der Waals surface area contributed by atoms with Crippen molar-refractivity contribution >= 4 is 28.8 Å². The third-order valence-electron chi connectivity index (χ3n) is 7.11. The number of alkyl halides is 3. The van der Waals surface area contributed by atoms with E-state index in [1.165, 1.54) is 12.3 Å². The molecule has 186 valence electrons. The maximum absolute atomic E-state index is 15.4. The molecule has 3 aliphatic carbocycles. The molecular weight excluding hydrogens is 491 g/mol. The van der Waals surface area contributed by atoms with Gasteiger partial charge in [-0.2, -0.15) is 13.2 Å². The molecule has 3 aliphatic rings. The Hall–Kier alpha value is -2.76. The normalized spacial score (nSPS) is 24.3. The number of carboxylic acid groups (broad SMARTS) is 1. The van der Waals surface area contributed by atoms with Crippen molar-refractivity contribution in [3.63, 3.8) is 0 Å². The smallest absolute Gasteiger partial charge is 0.398 e. The van der Waals surface area contributed by atoms with Crippen LogP contribution in [0.3, 0.4) is 0 Å². The molecule has 0 saturated heterocycles. The second kappa shape index (κ2) is 9.03. The number of pyridine rings is 1. The fraction of sp³-hybridized carbons (Fsp3) is 0.478. The van der Waals surface area contributed by atoms with Crippen LogP contribution in [-0.4, -0.2) is 42.9 Å². The number of nitrogens with zero attached hydrogens (tertiary/aromatic N) is 3. The lowest BCUT2D eigenvalue weighted by Crippen LogP contribution is -2.45. The number of halogens is 5. The highest BCUT2D eigenvalue weighted by atomic mass is 32.2. The minimum atomic E-state index is -4.55. The Morgan fingerprint density at radius 3 is 2.54 bits per heavy atom. The molecule has 2 unspecified atom stereocenters. The van der Waals surface area contributed by atoms with Crippen molar-refractivity contribution in [2.75, 3.05) is 5.75 Å². The summed E-state index contributed by atoms with van der Waals surface area (Å²) in [6.45, 7) is 0. The van der Waals surface area contributed by atoms with Gasteiger partial charge >= 0.3 is 12.1 Å². The van der Waals surface area contributed by atoms with Crippen molar-refractivity contribution in [3.05, 3.63) is 35.8 Å². The van der Waals surface area contributed by atoms with E-state index in [-0.39, 0.29) is 53.0 Å². The molecule has 3 heterocycles. The van der Waals surface area contributed by atoms with E-state index in [1.807, 2.05) is 0 Å². The van der Waals surface area contributed by atoms with Crippen LogP contribution < -0.4 is 0 Å². The van der Waals surface area contributed by atoms with E-state index in [0.717, 1.165) is 31.9 Å². The minimum absolute atomic E-state index is 0.00592. The minimum Gasteiger partial charge on any atom is -0.481 e. The number of aliphatic carboxylic acids is 1. The Labute approximate surface area is 200 Å². The van der Waals surface area contributed by atoms with Gasteiger partial charge in [0, 0.05) is 17.1 Å². The van der Waals surface area contributed by atoms with Crippen molar-refractivity contribution in [2.24, 2.45) is 23.7 Å². The van der Waals surface area contributed by atoms with Gasteiger partial charge in [0.25, 0.3) is 0 Å². The van der Waals surface area contributed by atoms with Gasteiger partial charge in [-0.15, -0.1) is 0 Å². The second-order valence-electron chi connectivity index (χ2n) is 9.18. The summed E-state index contributed by atoms with van der Waals surface area (Å²) in [5.74, 6) is -4.92. The van der Waals surface area contributed by atoms with Gasteiger partial charge in [0.15, 0.2) is 11.6 Å². The van der Waals surface area contributed by atoms with Crippen LogP contribution in [-0.2, 0) is 11.2 Å². The van der Waals surface area contributed by atoms with Crippen molar-refractivity contribution in [1.82, 2.24) is 19.9 Å². The monoisotopic (exact) mass is 512 g/mol. The predicted molar refractivity (Wildman–Crippen MR) is 118 cm³/mol. The first kappa shape index (κ1) is 24.0. The van der Waals surface area contributed by atoms with Gasteiger partial charge in [0.1, 0.15) is 16.5 Å². The standard InChI is InChI=1S/C23H21F5N4O2S/c24-12-5-14-15(8-30-19(14)29-7-12)20-31-16(18(25)21(32-20)35-9-23(26,27)28)6-13-10-1-3-11(4-2-10)17(13)22(33)34/h5,7-8,10-11,13,17H,1-4,6,9H2,(H,29,30)(H,33,34). The Kier molecular flexibility index (Phi) is 6.18. The number of aromatic amines is 1. The van der Waals surface area contributed by atoms with Gasteiger partial charge in [0.05, 0.1) is 23.6 Å². The fourth-order valence-corrected chi connectivity index (χ4v) is 6.31. The maximum atomic E-state index is 15.4. The Bertz CT molecular complexity index is 1270. The summed E-state index contributed by atoms with van der Waals surface area (Å²) in [7, 11) is 0. The zero-order chi connectivity index (χ0) is 24.9. The average molecular weight is 513 g/mol. The molecule has 12 heteroatoms. The third-order valence-corrected chi connectivity index (χ3v) is 8.12. The number of H-pyrrole nitrogens is 1. The Morgan fingerprint density at radius 2 is 1.86 bits per heavy atom. The molecule has 0 amide bonds. The van der Waals surface area contributed by atoms with Gasteiger partial charge in [-0.1, -0.05) is 11.8 Å². The number of aromatic nitrogens is 4. The summed E-state index contributed by atoms with van der Waals surface area (Å²) >= 11 is 0.205. The van der Waals surface area contributed by atoms with Crippen LogP contribution in [0.1, 0.15) is 31.4 Å². The topological polar surface area (TPSA) is 91.8 Å². The van der Waals surface area contributed by atoms with Gasteiger partial charge in [-0.05, 0) is 55.9 Å². The quantitative estimate of drug-likeness (QED) is 0.253. The van der Waals surface area contributed by atoms with E-state index in [1.54, 1.807) is 0 Å². The number of carbonyl (C=O) groups is 1. The first-order chi connectivity index (χ1) is 16.6. The Balaban J connectivity index is 1.58. The van der Waals surface area contributed by atoms with Crippen LogP contribution >= 0.6 is 11.8 Å². The number of carboxylic acids is 1. The third kappa shape index (κ3) is 4.72. The van der Waals surface area contributed by atoms with Gasteiger partial charge in [-0.3, -0.25) is 4.79 Å². The number of nitrogens with one attached hydrogen (secondary N) is 1. The SMILES string of the molecule is O=C(O)C1C2CCC(CC2)C1Cc1nc(-c2c[nH]c3ncc(F)cc23)nc(SCC(F)(F)F)c1F. The number of thioether (sulfide) groups is 1. The van der Waals surface area contributed by atoms with Crippen LogP contribution in [0.25, 0.3) is 22.4 Å². The number of rotatable bonds is 6. The molecule has 3 aromatic heterocycles. The molecule has 0 spiro atoms. The zero-order valence-corrected chi connectivity index (χ0v) is 19.1. The molecule has 6 nitrogen and oxygen atoms in total. The van der Waals surface area contributed by atoms with Crippen LogP contribution in [0.2, 0.25) is 0 Å². The summed E-state index contributed by atoms with van der Waals surface area (Å²) < 4.78 is 68.0. The van der Waals surface area contributed by atoms with E-state index in [9.17, 15) is 27.5 Å². The van der Waals surface area contributed by atoms with Crippen LogP contribution in [0.5, 0.6) is 0 Å². The molecule has 2 N–H and O–H groups in total. The summed E-state index contributed by atoms with van der Waals surface area (Å²) in [4.78, 5) is 27.2. The second-order valence-corrected chi connectivity index (χ2v) is 10.1. The Morgan fingerprint density at radius 1 is 1.14 bits per heavy atom. The molecule has 3 saturated carbocycles. The summed E-state index contributed by atoms with van der Waals surface area (Å²) in [6.07, 6.45) is 1.15. The average Bonchev–Trinajstić information content (AvgIpc) is 3.22. The van der Waals surface area contributed by atoms with Crippen LogP contribution in [0, 0.1) is 35.3 Å². The molecule has 2 atom stereocenters. The first-order valence-corrected chi connectivity index (χ1v) is 12.2. The lowest BCUT2D eigenvalue weighted by atomic mass is 9.57. The molecule has 0 aliphatic heterocycles. The van der Waals surface area contributed by atoms with Gasteiger partial charge < -0.3 is 10.1 Å². The van der Waals surface area contributed by atoms with E-state index in [2.05, 4.69) is 19.9 Å². The van der Waals surface area contributed by atoms with Crippen molar-refractivity contribution in [2.45, 2.75) is 43.3 Å². The number of hydrogen-bond donors (Lipinski definition) is 2. The number of hydrogen-bond acceptors (Lipinski definition) is 5. The van der Waals surface area contributed by atoms with Crippen molar-refractivity contribution in [1.29, 1.82) is 0 Å². The molecule has 2 bridgehead atoms. The molecule has 0 aromatic carbocycles. The molecule has 6 rings (SSSR count). The molecular formula is C23H21F5N4O2S. The van der Waals surface area contributed by atoms with Gasteiger partial charge in [-0.25, -0.2) is 23.7 Å². The van der Waals surface area contributed by atoms with Crippen molar-refractivity contribution < 1.29 is 31.9 Å². The summed E-state index contributed by atoms with van der Waals surface area (Å²) in [6, 6.07) is 1.18. The van der Waals surface area contributed by atoms with Gasteiger partial charge in [0.2, 0.25) is 0 Å². The van der Waals surface area contributed by atoms with E-state index < -0.39 is 40.5 Å². The summed E-state index contributed by atoms with van der Waals surface area (Å²) in [5.41, 5.74) is 0.458. The highest BCUT2D eigenvalue weighted by Gasteiger charge is 2.47. The lowest BCUT2D eigenvalue weighted by Gasteiger charge is -2.46. The highest BCUT2D eigenvalue weighted by Crippen LogP contribution is 2.50. The van der Waals surface area contributed by atoms with Crippen molar-refractivity contribution in [3.8, 4) is 11.4 Å². The highest BCUT2D eigenvalue weighted by molar-refractivity contribution is 7.99. The fourth-order valence-electron chi connectivity index (χ4n) is 5.61. The molecule has 3 fully saturated rings. The van der Waals surface area contributed by atoms with E-state index in [4.69, 9.17) is 0 Å². The van der Waals surface area contributed by atoms with Crippen LogP contribution in [0.4, 0.5) is 22.0 Å². The van der Waals surface area contributed by atoms with E-state index in [0.29, 0.717) is 11.0 Å². The molecule has 35 heavy (non-hydrogen) atoms.